The van der Waals surface area contributed by atoms with Crippen LogP contribution in [0.2, 0.25) is 0 Å². The maximum Gasteiger partial charge on any atom is 0.220 e. The van der Waals surface area contributed by atoms with E-state index in [2.05, 4.69) is 38.2 Å². The number of aliphatic hydroxyl groups excluding tert-OH is 1. The van der Waals surface area contributed by atoms with Crippen molar-refractivity contribution < 1.29 is 9.90 Å². The van der Waals surface area contributed by atoms with Gasteiger partial charge >= 0.3 is 0 Å². The van der Waals surface area contributed by atoms with Crippen LogP contribution in [0.3, 0.4) is 0 Å². The van der Waals surface area contributed by atoms with Crippen LogP contribution in [-0.2, 0) is 4.79 Å². The van der Waals surface area contributed by atoms with Crippen LogP contribution in [0.4, 0.5) is 0 Å². The van der Waals surface area contributed by atoms with Crippen LogP contribution in [0, 0.1) is 5.92 Å². The Hall–Kier alpha value is -0.830. The second kappa shape index (κ2) is 30.7. The van der Waals surface area contributed by atoms with E-state index in [4.69, 9.17) is 0 Å². The molecule has 3 heteroatoms. The number of amides is 1. The number of allylic oxidation sites excluding steroid dienone is 1. The summed E-state index contributed by atoms with van der Waals surface area (Å²) in [4.78, 5) is 12.4. The van der Waals surface area contributed by atoms with Crippen LogP contribution in [-0.4, -0.2) is 23.7 Å². The van der Waals surface area contributed by atoms with Crippen molar-refractivity contribution in [3.63, 3.8) is 0 Å². The molecule has 0 saturated heterocycles. The lowest BCUT2D eigenvalue weighted by molar-refractivity contribution is -0.122. The Morgan fingerprint density at radius 3 is 1.37 bits per heavy atom. The second-order valence-electron chi connectivity index (χ2n) is 12.0. The van der Waals surface area contributed by atoms with Gasteiger partial charge in [0.25, 0.3) is 0 Å². The summed E-state index contributed by atoms with van der Waals surface area (Å²) in [7, 11) is 0. The topological polar surface area (TPSA) is 49.3 Å². The Balaban J connectivity index is 3.63. The van der Waals surface area contributed by atoms with Crippen molar-refractivity contribution in [3.8, 4) is 0 Å². The third-order valence-corrected chi connectivity index (χ3v) is 8.10. The Morgan fingerprint density at radius 1 is 0.605 bits per heavy atom. The highest BCUT2D eigenvalue weighted by Gasteiger charge is 2.16. The molecule has 2 atom stereocenters. The molecule has 0 aliphatic carbocycles. The van der Waals surface area contributed by atoms with Crippen molar-refractivity contribution in [3.05, 3.63) is 12.2 Å². The zero-order valence-electron chi connectivity index (χ0n) is 26.3. The maximum absolute atomic E-state index is 12.4. The molecule has 2 N–H and O–H groups in total. The molecule has 0 rings (SSSR count). The standard InChI is InChI=1S/C35H69NO2/c1-4-6-8-10-12-14-16-18-20-22-24-26-28-30-33(3)34(32-37)36-35(38)31-29-27-25-23-21-19-17-15-13-11-9-7-5-2/h28,30,33-34,37H,4-27,29,31-32H2,1-3H3,(H,36,38)/b30-28+/t33-,34+/m1/s1. The minimum absolute atomic E-state index is 0.00823. The van der Waals surface area contributed by atoms with Gasteiger partial charge in [0.15, 0.2) is 0 Å². The molecule has 3 nitrogen and oxygen atoms in total. The van der Waals surface area contributed by atoms with Crippen molar-refractivity contribution in [1.29, 1.82) is 0 Å². The van der Waals surface area contributed by atoms with E-state index in [0.29, 0.717) is 6.42 Å². The molecule has 0 spiro atoms. The molecule has 0 aliphatic heterocycles. The molecule has 1 amide bonds. The monoisotopic (exact) mass is 536 g/mol. The van der Waals surface area contributed by atoms with Crippen LogP contribution < -0.4 is 5.32 Å². The van der Waals surface area contributed by atoms with E-state index in [-0.39, 0.29) is 24.5 Å². The van der Waals surface area contributed by atoms with Gasteiger partial charge in [0.2, 0.25) is 5.91 Å². The predicted molar refractivity (Wildman–Crippen MR) is 169 cm³/mol. The molecule has 0 saturated carbocycles. The quantitative estimate of drug-likeness (QED) is 0.0709. The lowest BCUT2D eigenvalue weighted by atomic mass is 10.0. The minimum atomic E-state index is -0.168. The Kier molecular flexibility index (Phi) is 30.0. The van der Waals surface area contributed by atoms with E-state index in [1.54, 1.807) is 0 Å². The fraction of sp³-hybridized carbons (Fsp3) is 0.914. The fourth-order valence-electron chi connectivity index (χ4n) is 5.30. The smallest absolute Gasteiger partial charge is 0.220 e. The van der Waals surface area contributed by atoms with Gasteiger partial charge in [-0.2, -0.15) is 0 Å². The molecule has 0 fully saturated rings. The van der Waals surface area contributed by atoms with Gasteiger partial charge in [0, 0.05) is 6.42 Å². The second-order valence-corrected chi connectivity index (χ2v) is 12.0. The van der Waals surface area contributed by atoms with Crippen molar-refractivity contribution in [2.24, 2.45) is 5.92 Å². The summed E-state index contributed by atoms with van der Waals surface area (Å²) >= 11 is 0. The summed E-state index contributed by atoms with van der Waals surface area (Å²) in [6.45, 7) is 6.66. The lowest BCUT2D eigenvalue weighted by Crippen LogP contribution is -2.41. The van der Waals surface area contributed by atoms with E-state index in [1.807, 2.05) is 0 Å². The highest BCUT2D eigenvalue weighted by atomic mass is 16.3. The molecule has 0 aromatic rings. The highest BCUT2D eigenvalue weighted by molar-refractivity contribution is 5.76. The van der Waals surface area contributed by atoms with Gasteiger partial charge < -0.3 is 10.4 Å². The van der Waals surface area contributed by atoms with E-state index >= 15 is 0 Å². The van der Waals surface area contributed by atoms with Crippen LogP contribution in [0.1, 0.15) is 188 Å². The minimum Gasteiger partial charge on any atom is -0.394 e. The zero-order valence-corrected chi connectivity index (χ0v) is 26.3. The van der Waals surface area contributed by atoms with Crippen molar-refractivity contribution in [2.45, 2.75) is 194 Å². The number of unbranched alkanes of at least 4 members (excludes halogenated alkanes) is 23. The largest absolute Gasteiger partial charge is 0.394 e. The van der Waals surface area contributed by atoms with Gasteiger partial charge in [-0.3, -0.25) is 4.79 Å². The Labute approximate surface area is 239 Å². The number of carbonyl (C=O) groups is 1. The lowest BCUT2D eigenvalue weighted by Gasteiger charge is -2.21. The first-order valence-corrected chi connectivity index (χ1v) is 17.2. The van der Waals surface area contributed by atoms with Gasteiger partial charge in [-0.1, -0.05) is 174 Å². The number of hydrogen-bond donors (Lipinski definition) is 2. The average molecular weight is 536 g/mol. The summed E-state index contributed by atoms with van der Waals surface area (Å²) in [6.07, 6.45) is 38.4. The molecule has 0 heterocycles. The highest BCUT2D eigenvalue weighted by Crippen LogP contribution is 2.15. The van der Waals surface area contributed by atoms with Crippen molar-refractivity contribution in [2.75, 3.05) is 6.61 Å². The summed E-state index contributed by atoms with van der Waals surface area (Å²) in [6, 6.07) is -0.168. The van der Waals surface area contributed by atoms with Crippen LogP contribution in [0.15, 0.2) is 12.2 Å². The Morgan fingerprint density at radius 2 is 0.974 bits per heavy atom. The van der Waals surface area contributed by atoms with Crippen LogP contribution >= 0.6 is 0 Å². The number of hydrogen-bond acceptors (Lipinski definition) is 2. The normalized spacial score (nSPS) is 13.3. The Bertz CT molecular complexity index is 504. The molecular formula is C35H69NO2. The third-order valence-electron chi connectivity index (χ3n) is 8.10. The van der Waals surface area contributed by atoms with Crippen molar-refractivity contribution >= 4 is 5.91 Å². The maximum atomic E-state index is 12.4. The molecule has 0 bridgehead atoms. The number of aliphatic hydroxyl groups is 1. The van der Waals surface area contributed by atoms with Gasteiger partial charge in [0.05, 0.1) is 12.6 Å². The van der Waals surface area contributed by atoms with E-state index in [1.165, 1.54) is 141 Å². The summed E-state index contributed by atoms with van der Waals surface area (Å²) in [5.74, 6) is 0.265. The van der Waals surface area contributed by atoms with E-state index in [9.17, 15) is 9.90 Å². The molecule has 0 radical (unpaired) electrons. The van der Waals surface area contributed by atoms with Gasteiger partial charge in [0.1, 0.15) is 0 Å². The molecular weight excluding hydrogens is 466 g/mol. The fourth-order valence-corrected chi connectivity index (χ4v) is 5.30. The molecule has 38 heavy (non-hydrogen) atoms. The SMILES string of the molecule is CCCCCCCCCCCCC/C=C/[C@@H](C)[C@H](CO)NC(=O)CCCCCCCCCCCCCCC. The summed E-state index contributed by atoms with van der Waals surface area (Å²) in [5.41, 5.74) is 0. The first-order valence-electron chi connectivity index (χ1n) is 17.2. The van der Waals surface area contributed by atoms with Crippen LogP contribution in [0.25, 0.3) is 0 Å². The zero-order chi connectivity index (χ0) is 27.9. The molecule has 0 unspecified atom stereocenters. The van der Waals surface area contributed by atoms with Crippen LogP contribution in [0.5, 0.6) is 0 Å². The molecule has 226 valence electrons. The van der Waals surface area contributed by atoms with Gasteiger partial charge in [-0.15, -0.1) is 0 Å². The van der Waals surface area contributed by atoms with E-state index < -0.39 is 0 Å². The van der Waals surface area contributed by atoms with Crippen molar-refractivity contribution in [1.82, 2.24) is 5.32 Å². The average Bonchev–Trinajstić information content (AvgIpc) is 2.92. The molecule has 0 aromatic heterocycles. The summed E-state index contributed by atoms with van der Waals surface area (Å²) in [5, 5.41) is 12.9. The first-order chi connectivity index (χ1) is 18.7. The van der Waals surface area contributed by atoms with E-state index in [0.717, 1.165) is 19.3 Å². The summed E-state index contributed by atoms with van der Waals surface area (Å²) < 4.78 is 0. The molecule has 0 aliphatic rings. The van der Waals surface area contributed by atoms with Gasteiger partial charge in [-0.25, -0.2) is 0 Å². The number of nitrogens with one attached hydrogen (secondary N) is 1. The molecule has 0 aromatic carbocycles. The third kappa shape index (κ3) is 26.8. The van der Waals surface area contributed by atoms with Gasteiger partial charge in [-0.05, 0) is 25.2 Å². The predicted octanol–water partition coefficient (Wildman–Crippen LogP) is 10.8. The number of rotatable bonds is 30. The number of carbonyl (C=O) groups excluding carboxylic acids is 1. The first kappa shape index (κ1) is 37.2.